The lowest BCUT2D eigenvalue weighted by Crippen LogP contribution is -2.52. The fourth-order valence-electron chi connectivity index (χ4n) is 7.88. The van der Waals surface area contributed by atoms with Crippen LogP contribution in [-0.4, -0.2) is 27.4 Å². The van der Waals surface area contributed by atoms with Gasteiger partial charge in [-0.05, 0) is 80.3 Å². The molecule has 0 radical (unpaired) electrons. The SMILES string of the molecule is CC(C)CCC[C@](C)(O)[C@H]1C(=O)C(O)=C2[C@@H]3CCC4=CC(=O)CC[C@]4(C)[C@H]3CC[C@@]21C. The summed E-state index contributed by atoms with van der Waals surface area (Å²) in [5, 5.41) is 22.6. The number of fused-ring (bicyclic) bond motifs is 5. The first-order valence-corrected chi connectivity index (χ1v) is 12.4. The number of hydrogen-bond donors (Lipinski definition) is 2. The minimum absolute atomic E-state index is 0.0215. The first-order valence-electron chi connectivity index (χ1n) is 12.4. The van der Waals surface area contributed by atoms with Gasteiger partial charge in [-0.2, -0.15) is 0 Å². The van der Waals surface area contributed by atoms with Gasteiger partial charge in [0.2, 0.25) is 5.78 Å². The van der Waals surface area contributed by atoms with Crippen LogP contribution in [0.2, 0.25) is 0 Å². The van der Waals surface area contributed by atoms with E-state index in [1.54, 1.807) is 6.92 Å². The molecule has 4 heteroatoms. The molecule has 2 fully saturated rings. The number of carbonyl (C=O) groups is 2. The van der Waals surface area contributed by atoms with Crippen LogP contribution >= 0.6 is 0 Å². The summed E-state index contributed by atoms with van der Waals surface area (Å²) in [5.74, 6) is 0.434. The summed E-state index contributed by atoms with van der Waals surface area (Å²) in [7, 11) is 0. The molecule has 4 aliphatic carbocycles. The van der Waals surface area contributed by atoms with Gasteiger partial charge >= 0.3 is 0 Å². The number of carbonyl (C=O) groups excluding carboxylic acids is 2. The third-order valence-electron chi connectivity index (χ3n) is 9.42. The van der Waals surface area contributed by atoms with Crippen molar-refractivity contribution in [2.24, 2.45) is 34.5 Å². The van der Waals surface area contributed by atoms with Gasteiger partial charge in [0.15, 0.2) is 11.5 Å². The number of ketones is 2. The molecule has 4 nitrogen and oxygen atoms in total. The summed E-state index contributed by atoms with van der Waals surface area (Å²) in [5.41, 5.74) is 0.567. The highest BCUT2D eigenvalue weighted by molar-refractivity contribution is 6.00. The quantitative estimate of drug-likeness (QED) is 0.589. The fraction of sp³-hybridized carbons (Fsp3) is 0.778. The van der Waals surface area contributed by atoms with E-state index >= 15 is 0 Å². The second-order valence-corrected chi connectivity index (χ2v) is 12.0. The van der Waals surface area contributed by atoms with E-state index < -0.39 is 16.9 Å². The van der Waals surface area contributed by atoms with Gasteiger partial charge in [0.25, 0.3) is 0 Å². The molecule has 6 atom stereocenters. The molecule has 2 N–H and O–H groups in total. The average Bonchev–Trinajstić information content (AvgIpc) is 2.88. The molecule has 4 aliphatic rings. The van der Waals surface area contributed by atoms with E-state index in [0.29, 0.717) is 24.7 Å². The average molecular weight is 429 g/mol. The van der Waals surface area contributed by atoms with Gasteiger partial charge in [-0.15, -0.1) is 0 Å². The second-order valence-electron chi connectivity index (χ2n) is 12.0. The summed E-state index contributed by atoms with van der Waals surface area (Å²) in [4.78, 5) is 25.4. The first-order chi connectivity index (χ1) is 14.4. The largest absolute Gasteiger partial charge is 0.504 e. The van der Waals surface area contributed by atoms with Crippen molar-refractivity contribution in [1.82, 2.24) is 0 Å². The highest BCUT2D eigenvalue weighted by atomic mass is 16.3. The molecule has 0 bridgehead atoms. The van der Waals surface area contributed by atoms with Crippen molar-refractivity contribution in [3.8, 4) is 0 Å². The molecule has 0 heterocycles. The second kappa shape index (κ2) is 7.57. The third-order valence-corrected chi connectivity index (χ3v) is 9.42. The van der Waals surface area contributed by atoms with Crippen LogP contribution in [0.25, 0.3) is 0 Å². The Kier molecular flexibility index (Phi) is 5.56. The van der Waals surface area contributed by atoms with Gasteiger partial charge in [0.05, 0.1) is 11.5 Å². The molecule has 0 saturated heterocycles. The van der Waals surface area contributed by atoms with Crippen molar-refractivity contribution < 1.29 is 19.8 Å². The van der Waals surface area contributed by atoms with Crippen LogP contribution in [0.1, 0.15) is 92.4 Å². The molecule has 172 valence electrons. The predicted molar refractivity (Wildman–Crippen MR) is 121 cm³/mol. The van der Waals surface area contributed by atoms with Crippen molar-refractivity contribution in [3.63, 3.8) is 0 Å². The predicted octanol–water partition coefficient (Wildman–Crippen LogP) is 5.70. The minimum Gasteiger partial charge on any atom is -0.504 e. The third kappa shape index (κ3) is 3.44. The summed E-state index contributed by atoms with van der Waals surface area (Å²) in [6, 6.07) is 0. The number of allylic oxidation sites excluding steroid dienone is 4. The Balaban J connectivity index is 1.65. The van der Waals surface area contributed by atoms with Crippen molar-refractivity contribution >= 4 is 11.6 Å². The molecule has 0 aromatic rings. The number of rotatable bonds is 5. The van der Waals surface area contributed by atoms with Gasteiger partial charge in [-0.1, -0.05) is 46.1 Å². The maximum atomic E-state index is 13.4. The minimum atomic E-state index is -1.12. The summed E-state index contributed by atoms with van der Waals surface area (Å²) in [6.07, 6.45) is 9.36. The zero-order valence-corrected chi connectivity index (χ0v) is 20.0. The summed E-state index contributed by atoms with van der Waals surface area (Å²) >= 11 is 0. The van der Waals surface area contributed by atoms with E-state index in [0.717, 1.165) is 50.5 Å². The van der Waals surface area contributed by atoms with Crippen molar-refractivity contribution in [1.29, 1.82) is 0 Å². The fourth-order valence-corrected chi connectivity index (χ4v) is 7.88. The van der Waals surface area contributed by atoms with E-state index in [9.17, 15) is 19.8 Å². The van der Waals surface area contributed by atoms with Crippen molar-refractivity contribution in [2.45, 2.75) is 98.0 Å². The van der Waals surface area contributed by atoms with Gasteiger partial charge in [-0.3, -0.25) is 9.59 Å². The van der Waals surface area contributed by atoms with Crippen LogP contribution in [0.3, 0.4) is 0 Å². The monoisotopic (exact) mass is 428 g/mol. The standard InChI is InChI=1S/C27H40O4/c1-16(2)7-6-12-27(5,31)24-23(30)22(29)21-19-9-8-17-15-18(28)10-13-25(17,3)20(19)11-14-26(21,24)4/h15-16,19-20,24,29,31H,6-14H2,1-5H3/t19-,20+,24+,25+,26+,27+/m1/s1. The lowest BCUT2D eigenvalue weighted by molar-refractivity contribution is -0.136. The zero-order valence-electron chi connectivity index (χ0n) is 20.0. The Bertz CT molecular complexity index is 847. The smallest absolute Gasteiger partial charge is 0.203 e. The van der Waals surface area contributed by atoms with E-state index in [1.807, 2.05) is 6.08 Å². The van der Waals surface area contributed by atoms with Crippen LogP contribution in [-0.2, 0) is 9.59 Å². The highest BCUT2D eigenvalue weighted by Crippen LogP contribution is 2.66. The Morgan fingerprint density at radius 2 is 1.84 bits per heavy atom. The van der Waals surface area contributed by atoms with Crippen LogP contribution in [0, 0.1) is 34.5 Å². The molecule has 4 rings (SSSR count). The molecule has 0 aromatic heterocycles. The van der Waals surface area contributed by atoms with Gasteiger partial charge in [-0.25, -0.2) is 0 Å². The molecule has 31 heavy (non-hydrogen) atoms. The Morgan fingerprint density at radius 3 is 2.52 bits per heavy atom. The first kappa shape index (κ1) is 22.8. The summed E-state index contributed by atoms with van der Waals surface area (Å²) in [6.45, 7) is 10.6. The molecule has 2 saturated carbocycles. The van der Waals surface area contributed by atoms with Crippen molar-refractivity contribution in [3.05, 3.63) is 23.0 Å². The van der Waals surface area contributed by atoms with Crippen molar-refractivity contribution in [2.75, 3.05) is 0 Å². The number of hydrogen-bond acceptors (Lipinski definition) is 4. The number of aliphatic hydroxyl groups is 2. The van der Waals surface area contributed by atoms with E-state index in [-0.39, 0.29) is 28.7 Å². The van der Waals surface area contributed by atoms with E-state index in [2.05, 4.69) is 27.7 Å². The van der Waals surface area contributed by atoms with E-state index in [4.69, 9.17) is 0 Å². The van der Waals surface area contributed by atoms with Crippen LogP contribution in [0.15, 0.2) is 23.0 Å². The molecular formula is C27H40O4. The molecular weight excluding hydrogens is 388 g/mol. The number of aliphatic hydroxyl groups excluding tert-OH is 1. The van der Waals surface area contributed by atoms with Gasteiger partial charge < -0.3 is 10.2 Å². The normalized spacial score (nSPS) is 39.7. The van der Waals surface area contributed by atoms with Crippen LogP contribution < -0.4 is 0 Å². The topological polar surface area (TPSA) is 74.6 Å². The van der Waals surface area contributed by atoms with Crippen LogP contribution in [0.5, 0.6) is 0 Å². The van der Waals surface area contributed by atoms with E-state index in [1.165, 1.54) is 5.57 Å². The molecule has 0 amide bonds. The highest BCUT2D eigenvalue weighted by Gasteiger charge is 2.63. The molecule has 0 aliphatic heterocycles. The Hall–Kier alpha value is -1.42. The Morgan fingerprint density at radius 1 is 1.13 bits per heavy atom. The molecule has 0 unspecified atom stereocenters. The molecule has 0 spiro atoms. The Labute approximate surface area is 187 Å². The van der Waals surface area contributed by atoms with Gasteiger partial charge in [0, 0.05) is 11.8 Å². The lowest BCUT2D eigenvalue weighted by Gasteiger charge is -2.56. The van der Waals surface area contributed by atoms with Gasteiger partial charge in [0.1, 0.15) is 0 Å². The maximum absolute atomic E-state index is 13.4. The summed E-state index contributed by atoms with van der Waals surface area (Å²) < 4.78 is 0. The van der Waals surface area contributed by atoms with Crippen LogP contribution in [0.4, 0.5) is 0 Å². The number of Topliss-reactive ketones (excluding diaryl/α,β-unsaturated/α-hetero) is 1. The lowest BCUT2D eigenvalue weighted by atomic mass is 9.47. The zero-order chi connectivity index (χ0) is 22.8. The molecule has 0 aromatic carbocycles. The maximum Gasteiger partial charge on any atom is 0.203 e.